The van der Waals surface area contributed by atoms with Gasteiger partial charge < -0.3 is 19.1 Å². The third-order valence-corrected chi connectivity index (χ3v) is 4.15. The molecule has 0 aromatic rings. The molecule has 8 nitrogen and oxygen atoms in total. The summed E-state index contributed by atoms with van der Waals surface area (Å²) < 4.78 is 15.4. The molecule has 28 heavy (non-hydrogen) atoms. The lowest BCUT2D eigenvalue weighted by molar-refractivity contribution is -0.167. The number of unbranched alkanes of at least 4 members (excludes halogenated alkanes) is 2. The van der Waals surface area contributed by atoms with Crippen molar-refractivity contribution in [2.45, 2.75) is 72.3 Å². The van der Waals surface area contributed by atoms with Crippen LogP contribution in [0.4, 0.5) is 0 Å². The SMILES string of the molecule is CCOCCCCCC(=O)OC(=O)C(C)OCCN(CCC(=O)CC)C(C)=O. The second-order valence-electron chi connectivity index (χ2n) is 6.46. The van der Waals surface area contributed by atoms with Crippen LogP contribution in [0.3, 0.4) is 0 Å². The number of Topliss-reactive ketones (excluding diaryl/α,β-unsaturated/α-hetero) is 1. The van der Waals surface area contributed by atoms with Gasteiger partial charge in [0, 0.05) is 52.5 Å². The monoisotopic (exact) mass is 401 g/mol. The van der Waals surface area contributed by atoms with Crippen molar-refractivity contribution in [1.82, 2.24) is 4.90 Å². The molecular weight excluding hydrogens is 366 g/mol. The maximum Gasteiger partial charge on any atom is 0.342 e. The van der Waals surface area contributed by atoms with Crippen LogP contribution in [0.15, 0.2) is 0 Å². The minimum absolute atomic E-state index is 0.0838. The Morgan fingerprint density at radius 1 is 0.929 bits per heavy atom. The van der Waals surface area contributed by atoms with Crippen LogP contribution in [-0.4, -0.2) is 67.5 Å². The molecule has 0 spiro atoms. The van der Waals surface area contributed by atoms with Crippen LogP contribution >= 0.6 is 0 Å². The molecule has 0 aliphatic rings. The maximum atomic E-state index is 11.9. The molecule has 0 rings (SSSR count). The summed E-state index contributed by atoms with van der Waals surface area (Å²) in [5.41, 5.74) is 0. The van der Waals surface area contributed by atoms with E-state index in [9.17, 15) is 19.2 Å². The van der Waals surface area contributed by atoms with Gasteiger partial charge in [0.2, 0.25) is 5.91 Å². The van der Waals surface area contributed by atoms with Crippen molar-refractivity contribution in [2.75, 3.05) is 32.9 Å². The number of rotatable bonds is 16. The first-order chi connectivity index (χ1) is 13.3. The van der Waals surface area contributed by atoms with Gasteiger partial charge in [-0.1, -0.05) is 13.3 Å². The van der Waals surface area contributed by atoms with Gasteiger partial charge in [0.15, 0.2) is 6.10 Å². The Kier molecular flexibility index (Phi) is 15.1. The quantitative estimate of drug-likeness (QED) is 0.222. The minimum Gasteiger partial charge on any atom is -0.391 e. The van der Waals surface area contributed by atoms with E-state index in [-0.39, 0.29) is 31.3 Å². The van der Waals surface area contributed by atoms with E-state index in [4.69, 9.17) is 14.2 Å². The number of ether oxygens (including phenoxy) is 3. The van der Waals surface area contributed by atoms with Crippen LogP contribution < -0.4 is 0 Å². The fourth-order valence-corrected chi connectivity index (χ4v) is 2.31. The molecule has 0 saturated heterocycles. The molecule has 1 unspecified atom stereocenters. The number of amides is 1. The molecule has 0 aromatic heterocycles. The van der Waals surface area contributed by atoms with Gasteiger partial charge in [0.1, 0.15) is 5.78 Å². The molecule has 0 fully saturated rings. The Labute approximate surface area is 167 Å². The zero-order valence-electron chi connectivity index (χ0n) is 17.7. The van der Waals surface area contributed by atoms with Crippen LogP contribution in [-0.2, 0) is 33.4 Å². The van der Waals surface area contributed by atoms with Gasteiger partial charge in [-0.15, -0.1) is 0 Å². The number of carbonyl (C=O) groups is 4. The summed E-state index contributed by atoms with van der Waals surface area (Å²) in [5, 5.41) is 0. The number of hydrogen-bond donors (Lipinski definition) is 0. The number of hydrogen-bond acceptors (Lipinski definition) is 7. The van der Waals surface area contributed by atoms with E-state index < -0.39 is 18.0 Å². The predicted octanol–water partition coefficient (Wildman–Crippen LogP) is 2.28. The average molecular weight is 402 g/mol. The third kappa shape index (κ3) is 13.4. The average Bonchev–Trinajstić information content (AvgIpc) is 2.66. The molecular formula is C20H35NO7. The van der Waals surface area contributed by atoms with Gasteiger partial charge >= 0.3 is 11.9 Å². The summed E-state index contributed by atoms with van der Waals surface area (Å²) in [4.78, 5) is 48.0. The van der Waals surface area contributed by atoms with Gasteiger partial charge in [-0.2, -0.15) is 0 Å². The molecule has 162 valence electrons. The first-order valence-corrected chi connectivity index (χ1v) is 10.0. The van der Waals surface area contributed by atoms with Crippen LogP contribution in [0.25, 0.3) is 0 Å². The van der Waals surface area contributed by atoms with Crippen LogP contribution in [0.1, 0.15) is 66.2 Å². The summed E-state index contributed by atoms with van der Waals surface area (Å²) in [6.07, 6.45) is 2.33. The second kappa shape index (κ2) is 16.2. The van der Waals surface area contributed by atoms with E-state index in [1.54, 1.807) is 6.92 Å². The molecule has 0 aliphatic carbocycles. The lowest BCUT2D eigenvalue weighted by atomic mass is 10.2. The highest BCUT2D eigenvalue weighted by Gasteiger charge is 2.19. The minimum atomic E-state index is -0.909. The summed E-state index contributed by atoms with van der Waals surface area (Å²) in [6.45, 7) is 8.66. The van der Waals surface area contributed by atoms with E-state index in [0.717, 1.165) is 12.8 Å². The summed E-state index contributed by atoms with van der Waals surface area (Å²) >= 11 is 0. The van der Waals surface area contributed by atoms with Gasteiger partial charge in [0.25, 0.3) is 0 Å². The largest absolute Gasteiger partial charge is 0.391 e. The lowest BCUT2D eigenvalue weighted by Crippen LogP contribution is -2.35. The molecule has 0 heterocycles. The molecule has 1 atom stereocenters. The van der Waals surface area contributed by atoms with Crippen molar-refractivity contribution in [3.8, 4) is 0 Å². The first kappa shape index (κ1) is 26.2. The predicted molar refractivity (Wildman–Crippen MR) is 104 cm³/mol. The lowest BCUT2D eigenvalue weighted by Gasteiger charge is -2.21. The number of nitrogens with zero attached hydrogens (tertiary/aromatic N) is 1. The van der Waals surface area contributed by atoms with Crippen LogP contribution in [0.2, 0.25) is 0 Å². The van der Waals surface area contributed by atoms with E-state index in [1.807, 2.05) is 6.92 Å². The fraction of sp³-hybridized carbons (Fsp3) is 0.800. The smallest absolute Gasteiger partial charge is 0.342 e. The third-order valence-electron chi connectivity index (χ3n) is 4.15. The van der Waals surface area contributed by atoms with Gasteiger partial charge in [-0.25, -0.2) is 4.79 Å². The van der Waals surface area contributed by atoms with Crippen molar-refractivity contribution >= 4 is 23.6 Å². The van der Waals surface area contributed by atoms with Crippen molar-refractivity contribution in [1.29, 1.82) is 0 Å². The van der Waals surface area contributed by atoms with E-state index in [2.05, 4.69) is 0 Å². The highest BCUT2D eigenvalue weighted by molar-refractivity contribution is 5.87. The second-order valence-corrected chi connectivity index (χ2v) is 6.46. The molecule has 0 aliphatic heterocycles. The Balaban J connectivity index is 4.04. The first-order valence-electron chi connectivity index (χ1n) is 10.0. The fourth-order valence-electron chi connectivity index (χ4n) is 2.31. The maximum absolute atomic E-state index is 11.9. The van der Waals surface area contributed by atoms with Crippen LogP contribution in [0, 0.1) is 0 Å². The number of ketones is 1. The molecule has 8 heteroatoms. The highest BCUT2D eigenvalue weighted by atomic mass is 16.6. The van der Waals surface area contributed by atoms with Crippen molar-refractivity contribution < 1.29 is 33.4 Å². The zero-order chi connectivity index (χ0) is 21.4. The molecule has 0 radical (unpaired) electrons. The van der Waals surface area contributed by atoms with Crippen LogP contribution in [0.5, 0.6) is 0 Å². The van der Waals surface area contributed by atoms with Crippen molar-refractivity contribution in [3.63, 3.8) is 0 Å². The van der Waals surface area contributed by atoms with Crippen molar-refractivity contribution in [3.05, 3.63) is 0 Å². The topological polar surface area (TPSA) is 99.2 Å². The Morgan fingerprint density at radius 2 is 1.64 bits per heavy atom. The molecule has 0 bridgehead atoms. The Bertz CT molecular complexity index is 493. The van der Waals surface area contributed by atoms with Gasteiger partial charge in [-0.3, -0.25) is 14.4 Å². The zero-order valence-corrected chi connectivity index (χ0v) is 17.7. The van der Waals surface area contributed by atoms with Crippen molar-refractivity contribution in [2.24, 2.45) is 0 Å². The summed E-state index contributed by atoms with van der Waals surface area (Å²) in [7, 11) is 0. The Morgan fingerprint density at radius 3 is 2.25 bits per heavy atom. The van der Waals surface area contributed by atoms with E-state index in [0.29, 0.717) is 39.0 Å². The molecule has 0 N–H and O–H groups in total. The number of carbonyl (C=O) groups excluding carboxylic acids is 4. The number of esters is 2. The Hall–Kier alpha value is -1.80. The van der Waals surface area contributed by atoms with E-state index >= 15 is 0 Å². The van der Waals surface area contributed by atoms with Gasteiger partial charge in [-0.05, 0) is 26.7 Å². The normalized spacial score (nSPS) is 11.7. The molecule has 1 amide bonds. The van der Waals surface area contributed by atoms with Gasteiger partial charge in [0.05, 0.1) is 6.61 Å². The highest BCUT2D eigenvalue weighted by Crippen LogP contribution is 2.04. The van der Waals surface area contributed by atoms with E-state index in [1.165, 1.54) is 18.7 Å². The molecule has 0 aromatic carbocycles. The molecule has 0 saturated carbocycles. The summed E-state index contributed by atoms with van der Waals surface area (Å²) in [6, 6.07) is 0. The standard InChI is InChI=1S/C20H35NO7/c1-5-18(23)11-12-21(17(4)22)13-15-27-16(3)20(25)28-19(24)10-8-7-9-14-26-6-2/h16H,5-15H2,1-4H3. The summed E-state index contributed by atoms with van der Waals surface area (Å²) in [5.74, 6) is -1.39.